The first kappa shape index (κ1) is 23.2. The maximum atomic E-state index is 12.4. The van der Waals surface area contributed by atoms with Gasteiger partial charge in [-0.1, -0.05) is 26.0 Å². The van der Waals surface area contributed by atoms with Crippen LogP contribution in [0.3, 0.4) is 0 Å². The highest BCUT2D eigenvalue weighted by Gasteiger charge is 2.15. The quantitative estimate of drug-likeness (QED) is 0.444. The van der Waals surface area contributed by atoms with Gasteiger partial charge in [0.15, 0.2) is 0 Å². The van der Waals surface area contributed by atoms with Crippen LogP contribution in [0.25, 0.3) is 0 Å². The summed E-state index contributed by atoms with van der Waals surface area (Å²) < 4.78 is 32.8. The number of nitrogens with one attached hydrogen (secondary N) is 2. The van der Waals surface area contributed by atoms with E-state index in [1.54, 1.807) is 6.07 Å². The first-order valence-electron chi connectivity index (χ1n) is 10.3. The Morgan fingerprint density at radius 2 is 1.66 bits per heavy atom. The summed E-state index contributed by atoms with van der Waals surface area (Å²) in [6.07, 6.45) is 3.73. The molecule has 0 saturated carbocycles. The fourth-order valence-corrected chi connectivity index (χ4v) is 3.80. The molecule has 0 atom stereocenters. The molecule has 3 aromatic rings. The summed E-state index contributed by atoms with van der Waals surface area (Å²) in [7, 11) is -3.81. The molecule has 1 aromatic heterocycles. The number of carbonyl (C=O) groups excluding carboxylic acids is 1. The van der Waals surface area contributed by atoms with Gasteiger partial charge in [-0.15, -0.1) is 0 Å². The van der Waals surface area contributed by atoms with Gasteiger partial charge in [0.1, 0.15) is 5.75 Å². The van der Waals surface area contributed by atoms with Crippen molar-refractivity contribution in [1.82, 2.24) is 9.97 Å². The number of anilines is 2. The van der Waals surface area contributed by atoms with Crippen LogP contribution in [0.15, 0.2) is 71.9 Å². The van der Waals surface area contributed by atoms with Gasteiger partial charge in [-0.05, 0) is 60.4 Å². The summed E-state index contributed by atoms with van der Waals surface area (Å²) in [6.45, 7) is 4.70. The zero-order valence-electron chi connectivity index (χ0n) is 18.0. The third kappa shape index (κ3) is 6.78. The van der Waals surface area contributed by atoms with Crippen LogP contribution in [0.4, 0.5) is 11.6 Å². The van der Waals surface area contributed by atoms with E-state index < -0.39 is 10.0 Å². The van der Waals surface area contributed by atoms with E-state index in [-0.39, 0.29) is 23.2 Å². The molecule has 2 N–H and O–H groups in total. The first-order chi connectivity index (χ1) is 15.3. The average molecular weight is 455 g/mol. The predicted octanol–water partition coefficient (Wildman–Crippen LogP) is 4.20. The fraction of sp³-hybridized carbons (Fsp3) is 0.261. The maximum absolute atomic E-state index is 12.4. The van der Waals surface area contributed by atoms with E-state index in [9.17, 15) is 13.2 Å². The van der Waals surface area contributed by atoms with Crippen molar-refractivity contribution in [3.63, 3.8) is 0 Å². The molecule has 9 heteroatoms. The molecule has 0 aliphatic heterocycles. The van der Waals surface area contributed by atoms with E-state index in [0.29, 0.717) is 24.6 Å². The predicted molar refractivity (Wildman–Crippen MR) is 123 cm³/mol. The van der Waals surface area contributed by atoms with E-state index in [1.807, 2.05) is 24.3 Å². The SMILES string of the molecule is CC(C)c1ccc(OCCCC(=O)Nc2ccc(S(=O)(=O)Nc3ncccn3)cc2)cc1. The largest absolute Gasteiger partial charge is 0.494 e. The monoisotopic (exact) mass is 454 g/mol. The highest BCUT2D eigenvalue weighted by atomic mass is 32.2. The Labute approximate surface area is 188 Å². The molecule has 1 heterocycles. The number of hydrogen-bond donors (Lipinski definition) is 2. The number of sulfonamides is 1. The number of aromatic nitrogens is 2. The van der Waals surface area contributed by atoms with Crippen LogP contribution >= 0.6 is 0 Å². The Bertz CT molecular complexity index is 1120. The molecule has 0 aliphatic rings. The van der Waals surface area contributed by atoms with Gasteiger partial charge < -0.3 is 10.1 Å². The second-order valence-electron chi connectivity index (χ2n) is 7.43. The van der Waals surface area contributed by atoms with Crippen LogP contribution < -0.4 is 14.8 Å². The first-order valence-corrected chi connectivity index (χ1v) is 11.7. The van der Waals surface area contributed by atoms with Crippen molar-refractivity contribution in [3.05, 3.63) is 72.6 Å². The number of benzene rings is 2. The highest BCUT2D eigenvalue weighted by Crippen LogP contribution is 2.19. The van der Waals surface area contributed by atoms with Crippen molar-refractivity contribution in [1.29, 1.82) is 0 Å². The summed E-state index contributed by atoms with van der Waals surface area (Å²) in [5.74, 6) is 1.07. The lowest BCUT2D eigenvalue weighted by atomic mass is 10.0. The molecule has 3 rings (SSSR count). The summed E-state index contributed by atoms with van der Waals surface area (Å²) in [5, 5.41) is 2.75. The summed E-state index contributed by atoms with van der Waals surface area (Å²) in [6, 6.07) is 15.4. The number of ether oxygens (including phenoxy) is 1. The molecule has 32 heavy (non-hydrogen) atoms. The van der Waals surface area contributed by atoms with Crippen molar-refractivity contribution >= 4 is 27.6 Å². The summed E-state index contributed by atoms with van der Waals surface area (Å²) in [4.78, 5) is 19.9. The molecule has 168 valence electrons. The second kappa shape index (κ2) is 10.7. The van der Waals surface area contributed by atoms with Gasteiger partial charge in [-0.3, -0.25) is 4.79 Å². The number of hydrogen-bond acceptors (Lipinski definition) is 6. The molecular weight excluding hydrogens is 428 g/mol. The minimum atomic E-state index is -3.81. The van der Waals surface area contributed by atoms with Crippen molar-refractivity contribution in [2.45, 2.75) is 37.5 Å². The molecule has 0 bridgehead atoms. The van der Waals surface area contributed by atoms with E-state index in [2.05, 4.69) is 33.9 Å². The van der Waals surface area contributed by atoms with Gasteiger partial charge in [0.2, 0.25) is 11.9 Å². The van der Waals surface area contributed by atoms with E-state index in [1.165, 1.54) is 42.2 Å². The fourth-order valence-electron chi connectivity index (χ4n) is 2.84. The normalized spacial score (nSPS) is 11.2. The van der Waals surface area contributed by atoms with Crippen molar-refractivity contribution < 1.29 is 17.9 Å². The summed E-state index contributed by atoms with van der Waals surface area (Å²) >= 11 is 0. The van der Waals surface area contributed by atoms with Crippen molar-refractivity contribution in [3.8, 4) is 5.75 Å². The zero-order chi connectivity index (χ0) is 23.0. The van der Waals surface area contributed by atoms with Crippen LogP contribution in [0.2, 0.25) is 0 Å². The number of carbonyl (C=O) groups is 1. The molecule has 0 aliphatic carbocycles. The van der Waals surface area contributed by atoms with Gasteiger partial charge in [0, 0.05) is 24.5 Å². The lowest BCUT2D eigenvalue weighted by Crippen LogP contribution is -2.15. The Balaban J connectivity index is 1.44. The van der Waals surface area contributed by atoms with Gasteiger partial charge in [-0.2, -0.15) is 0 Å². The Hall–Kier alpha value is -3.46. The van der Waals surface area contributed by atoms with Crippen LogP contribution in [-0.2, 0) is 14.8 Å². The smallest absolute Gasteiger partial charge is 0.264 e. The maximum Gasteiger partial charge on any atom is 0.264 e. The highest BCUT2D eigenvalue weighted by molar-refractivity contribution is 7.92. The van der Waals surface area contributed by atoms with Gasteiger partial charge in [-0.25, -0.2) is 23.1 Å². The summed E-state index contributed by atoms with van der Waals surface area (Å²) in [5.41, 5.74) is 1.76. The molecule has 2 aromatic carbocycles. The molecule has 0 spiro atoms. The standard InChI is InChI=1S/C23H26N4O4S/c1-17(2)18-6-10-20(11-7-18)31-16-3-5-22(28)26-19-8-12-21(13-9-19)32(29,30)27-23-24-14-4-15-25-23/h4,6-15,17H,3,5,16H2,1-2H3,(H,26,28)(H,24,25,27). The van der Waals surface area contributed by atoms with Crippen LogP contribution in [0.5, 0.6) is 5.75 Å². The molecule has 0 fully saturated rings. The van der Waals surface area contributed by atoms with Crippen molar-refractivity contribution in [2.24, 2.45) is 0 Å². The minimum absolute atomic E-state index is 0.0111. The van der Waals surface area contributed by atoms with Gasteiger partial charge >= 0.3 is 0 Å². The molecule has 1 amide bonds. The number of rotatable bonds is 10. The van der Waals surface area contributed by atoms with Crippen LogP contribution in [0, 0.1) is 0 Å². The lowest BCUT2D eigenvalue weighted by molar-refractivity contribution is -0.116. The second-order valence-corrected chi connectivity index (χ2v) is 9.11. The minimum Gasteiger partial charge on any atom is -0.494 e. The number of nitrogens with zero attached hydrogens (tertiary/aromatic N) is 2. The zero-order valence-corrected chi connectivity index (χ0v) is 18.8. The van der Waals surface area contributed by atoms with E-state index in [4.69, 9.17) is 4.74 Å². The molecule has 0 unspecified atom stereocenters. The molecule has 0 radical (unpaired) electrons. The van der Waals surface area contributed by atoms with E-state index >= 15 is 0 Å². The Morgan fingerprint density at radius 1 is 1.00 bits per heavy atom. The van der Waals surface area contributed by atoms with Crippen LogP contribution in [0.1, 0.15) is 38.2 Å². The van der Waals surface area contributed by atoms with Gasteiger partial charge in [0.25, 0.3) is 10.0 Å². The third-order valence-electron chi connectivity index (χ3n) is 4.60. The molecular formula is C23H26N4O4S. The topological polar surface area (TPSA) is 110 Å². The molecule has 0 saturated heterocycles. The number of amides is 1. The van der Waals surface area contributed by atoms with Gasteiger partial charge in [0.05, 0.1) is 11.5 Å². The van der Waals surface area contributed by atoms with Crippen molar-refractivity contribution in [2.75, 3.05) is 16.6 Å². The Morgan fingerprint density at radius 3 is 2.28 bits per heavy atom. The lowest BCUT2D eigenvalue weighted by Gasteiger charge is -2.10. The Kier molecular flexibility index (Phi) is 7.77. The van der Waals surface area contributed by atoms with Crippen LogP contribution in [-0.4, -0.2) is 30.9 Å². The van der Waals surface area contributed by atoms with E-state index in [0.717, 1.165) is 5.75 Å². The third-order valence-corrected chi connectivity index (χ3v) is 5.95. The average Bonchev–Trinajstić information content (AvgIpc) is 2.78. The molecule has 8 nitrogen and oxygen atoms in total.